The van der Waals surface area contributed by atoms with E-state index in [4.69, 9.17) is 18.2 Å². The molecule has 0 saturated carbocycles. The van der Waals surface area contributed by atoms with E-state index in [1.165, 1.54) is 0 Å². The van der Waals surface area contributed by atoms with Gasteiger partial charge in [0.1, 0.15) is 0 Å². The van der Waals surface area contributed by atoms with Gasteiger partial charge in [-0.2, -0.15) is 0 Å². The summed E-state index contributed by atoms with van der Waals surface area (Å²) in [4.78, 5) is 1.69. The van der Waals surface area contributed by atoms with Crippen LogP contribution in [0.5, 0.6) is 0 Å². The summed E-state index contributed by atoms with van der Waals surface area (Å²) in [5.74, 6) is 0. The van der Waals surface area contributed by atoms with Crippen LogP contribution >= 0.6 is 0 Å². The maximum absolute atomic E-state index is 8.97. The third-order valence-electron chi connectivity index (χ3n) is 2.09. The second-order valence-electron chi connectivity index (χ2n) is 4.45. The van der Waals surface area contributed by atoms with E-state index in [9.17, 15) is 0 Å². The highest BCUT2D eigenvalue weighted by Gasteiger charge is 2.19. The van der Waals surface area contributed by atoms with E-state index in [0.29, 0.717) is 0 Å². The van der Waals surface area contributed by atoms with E-state index in [0.717, 1.165) is 18.1 Å². The van der Waals surface area contributed by atoms with Gasteiger partial charge in [-0.25, -0.2) is 13.7 Å². The zero-order valence-electron chi connectivity index (χ0n) is 10.7. The first kappa shape index (κ1) is 18.2. The molecule has 0 aromatic heterocycles. The van der Waals surface area contributed by atoms with Crippen LogP contribution in [0.4, 0.5) is 0 Å². The quantitative estimate of drug-likeness (QED) is 0.321. The monoisotopic (exact) mass is 257 g/mol. The van der Waals surface area contributed by atoms with Gasteiger partial charge in [0.05, 0.1) is 18.1 Å². The van der Waals surface area contributed by atoms with Crippen molar-refractivity contribution in [2.24, 2.45) is 0 Å². The number of rotatable bonds is 4. The van der Waals surface area contributed by atoms with Crippen LogP contribution < -0.4 is 4.90 Å². The summed E-state index contributed by atoms with van der Waals surface area (Å²) in [7, 11) is -4.86. The van der Waals surface area contributed by atoms with Gasteiger partial charge in [0.25, 0.3) is 0 Å². The van der Waals surface area contributed by atoms with Gasteiger partial charge < -0.3 is 9.45 Å². The fraction of sp³-hybridized carbons (Fsp3) is 1.00. The molecule has 0 heterocycles. The largest absolute Gasteiger partial charge is 0.724 e. The minimum Gasteiger partial charge on any atom is -0.724 e. The first-order chi connectivity index (χ1) is 7.02. The minimum absolute atomic E-state index is 0.750. The van der Waals surface area contributed by atoms with Crippen LogP contribution in [-0.4, -0.2) is 36.4 Å². The van der Waals surface area contributed by atoms with Crippen molar-refractivity contribution in [3.8, 4) is 0 Å². The Morgan fingerprint density at radius 1 is 1.00 bits per heavy atom. The standard InChI is InChI=1S/C9H21N.H2O5S/c1-7(2)10(8(3)4)9(5)6;1-5-6(2,3)4/h7-9H,1-6H3;1H,(H,2,3,4). The van der Waals surface area contributed by atoms with Gasteiger partial charge in [-0.15, -0.1) is 4.33 Å². The molecule has 0 atom stereocenters. The summed E-state index contributed by atoms with van der Waals surface area (Å²) in [5.41, 5.74) is 0. The lowest BCUT2D eigenvalue weighted by Crippen LogP contribution is -3.20. The average molecular weight is 257 g/mol. The van der Waals surface area contributed by atoms with Gasteiger partial charge in [-0.05, 0) is 41.5 Å². The van der Waals surface area contributed by atoms with Gasteiger partial charge >= 0.3 is 0 Å². The number of hydrogen-bond donors (Lipinski definition) is 2. The van der Waals surface area contributed by atoms with Crippen molar-refractivity contribution in [1.29, 1.82) is 0 Å². The molecular weight excluding hydrogens is 234 g/mol. The molecule has 0 rings (SSSR count). The van der Waals surface area contributed by atoms with Gasteiger partial charge in [0.2, 0.25) is 10.4 Å². The third-order valence-corrected chi connectivity index (χ3v) is 2.27. The molecule has 0 aliphatic carbocycles. The Morgan fingerprint density at radius 3 is 1.19 bits per heavy atom. The molecule has 0 amide bonds. The highest BCUT2D eigenvalue weighted by Crippen LogP contribution is 1.81. The molecule has 0 aliphatic rings. The van der Waals surface area contributed by atoms with E-state index in [1.54, 1.807) is 4.90 Å². The van der Waals surface area contributed by atoms with E-state index < -0.39 is 10.4 Å². The van der Waals surface area contributed by atoms with Gasteiger partial charge in [-0.3, -0.25) is 0 Å². The van der Waals surface area contributed by atoms with E-state index in [1.807, 2.05) is 0 Å². The molecule has 0 aliphatic heterocycles. The highest BCUT2D eigenvalue weighted by molar-refractivity contribution is 7.80. The van der Waals surface area contributed by atoms with Crippen molar-refractivity contribution in [2.45, 2.75) is 59.7 Å². The normalized spacial score (nSPS) is 12.2. The Labute approximate surface area is 98.1 Å². The molecule has 0 fully saturated rings. The smallest absolute Gasteiger partial charge is 0.245 e. The molecule has 0 aromatic carbocycles. The molecular formula is C9H23NO5S. The molecule has 0 saturated heterocycles. The first-order valence-corrected chi connectivity index (χ1v) is 6.51. The molecule has 6 nitrogen and oxygen atoms in total. The summed E-state index contributed by atoms with van der Waals surface area (Å²) in [6.07, 6.45) is 0. The Kier molecular flexibility index (Phi) is 9.04. The zero-order chi connectivity index (χ0) is 13.5. The summed E-state index contributed by atoms with van der Waals surface area (Å²) >= 11 is 0. The lowest BCUT2D eigenvalue weighted by Gasteiger charge is -2.31. The van der Waals surface area contributed by atoms with Crippen LogP contribution in [0.15, 0.2) is 0 Å². The minimum atomic E-state index is -4.86. The van der Waals surface area contributed by atoms with Gasteiger partial charge in [-0.1, -0.05) is 0 Å². The summed E-state index contributed by atoms with van der Waals surface area (Å²) in [5, 5.41) is 7.00. The summed E-state index contributed by atoms with van der Waals surface area (Å²) in [6, 6.07) is 2.25. The predicted octanol–water partition coefficient (Wildman–Crippen LogP) is 0.0327. The SMILES string of the molecule is CC(C)[NH+](C(C)C)C(C)C.O=S(=O)([O-])OO. The lowest BCUT2D eigenvalue weighted by molar-refractivity contribution is -0.962. The Balaban J connectivity index is 0. The molecule has 0 aromatic rings. The van der Waals surface area contributed by atoms with Crippen molar-refractivity contribution >= 4 is 10.4 Å². The van der Waals surface area contributed by atoms with E-state index >= 15 is 0 Å². The summed E-state index contributed by atoms with van der Waals surface area (Å²) in [6.45, 7) is 13.7. The second kappa shape index (κ2) is 7.97. The van der Waals surface area contributed by atoms with Crippen molar-refractivity contribution in [1.82, 2.24) is 0 Å². The molecule has 100 valence electrons. The molecule has 16 heavy (non-hydrogen) atoms. The molecule has 7 heteroatoms. The Morgan fingerprint density at radius 2 is 1.19 bits per heavy atom. The van der Waals surface area contributed by atoms with Crippen molar-refractivity contribution in [2.75, 3.05) is 0 Å². The number of nitrogens with one attached hydrogen (secondary N) is 1. The zero-order valence-corrected chi connectivity index (χ0v) is 11.5. The van der Waals surface area contributed by atoms with Crippen LogP contribution in [-0.2, 0) is 14.7 Å². The van der Waals surface area contributed by atoms with Crippen LogP contribution in [0.1, 0.15) is 41.5 Å². The van der Waals surface area contributed by atoms with Crippen molar-refractivity contribution in [3.63, 3.8) is 0 Å². The second-order valence-corrected chi connectivity index (χ2v) is 5.41. The van der Waals surface area contributed by atoms with Crippen molar-refractivity contribution < 1.29 is 27.5 Å². The number of quaternary nitrogens is 1. The van der Waals surface area contributed by atoms with Crippen LogP contribution in [0, 0.1) is 0 Å². The average Bonchev–Trinajstić information content (AvgIpc) is 2.01. The molecule has 0 unspecified atom stereocenters. The third kappa shape index (κ3) is 10.3. The predicted molar refractivity (Wildman–Crippen MR) is 59.8 cm³/mol. The highest BCUT2D eigenvalue weighted by atomic mass is 32.3. The molecule has 2 N–H and O–H groups in total. The lowest BCUT2D eigenvalue weighted by atomic mass is 10.2. The fourth-order valence-corrected chi connectivity index (χ4v) is 2.00. The van der Waals surface area contributed by atoms with Crippen LogP contribution in [0.2, 0.25) is 0 Å². The van der Waals surface area contributed by atoms with E-state index in [-0.39, 0.29) is 0 Å². The van der Waals surface area contributed by atoms with Crippen molar-refractivity contribution in [3.05, 3.63) is 0 Å². The first-order valence-electron chi connectivity index (χ1n) is 5.18. The maximum Gasteiger partial charge on any atom is 0.245 e. The molecule has 0 spiro atoms. The topological polar surface area (TPSA) is 91.1 Å². The fourth-order valence-electron chi connectivity index (χ4n) is 2.00. The summed E-state index contributed by atoms with van der Waals surface area (Å²) < 4.78 is 29.3. The molecule has 0 radical (unpaired) electrons. The van der Waals surface area contributed by atoms with Crippen LogP contribution in [0.3, 0.4) is 0 Å². The van der Waals surface area contributed by atoms with Crippen LogP contribution in [0.25, 0.3) is 0 Å². The number of hydrogen-bond acceptors (Lipinski definition) is 5. The Bertz CT molecular complexity index is 242. The molecule has 0 bridgehead atoms. The van der Waals surface area contributed by atoms with E-state index in [2.05, 4.69) is 45.9 Å². The van der Waals surface area contributed by atoms with Gasteiger partial charge in [0, 0.05) is 0 Å². The van der Waals surface area contributed by atoms with Gasteiger partial charge in [0.15, 0.2) is 0 Å². The maximum atomic E-state index is 8.97. The Hall–Kier alpha value is -0.210.